The molecule has 6 heteroatoms. The number of likely N-dealkylation sites (N-methyl/N-ethyl adjacent to an activating group) is 1. The Morgan fingerprint density at radius 2 is 1.96 bits per heavy atom. The summed E-state index contributed by atoms with van der Waals surface area (Å²) in [7, 11) is 2.95. The molecule has 24 heavy (non-hydrogen) atoms. The summed E-state index contributed by atoms with van der Waals surface area (Å²) in [5.41, 5.74) is 2.02. The number of methoxy groups -OCH3 is 1. The molecular formula is C18H25N3O3. The molecule has 0 spiro atoms. The second kappa shape index (κ2) is 7.97. The number of aromatic amines is 1. The topological polar surface area (TPSA) is 83.2 Å². The molecule has 0 aliphatic heterocycles. The average molecular weight is 331 g/mol. The van der Waals surface area contributed by atoms with Gasteiger partial charge < -0.3 is 15.0 Å². The van der Waals surface area contributed by atoms with Crippen molar-refractivity contribution in [2.24, 2.45) is 5.92 Å². The number of fused-ring (bicyclic) bond motifs is 1. The maximum atomic E-state index is 12.2. The highest BCUT2D eigenvalue weighted by molar-refractivity contribution is 5.86. The first kappa shape index (κ1) is 18.0. The minimum atomic E-state index is -0.598. The van der Waals surface area contributed by atoms with E-state index in [4.69, 9.17) is 4.74 Å². The Morgan fingerprint density at radius 1 is 1.25 bits per heavy atom. The van der Waals surface area contributed by atoms with Crippen molar-refractivity contribution in [3.05, 3.63) is 36.0 Å². The number of rotatable bonds is 7. The van der Waals surface area contributed by atoms with E-state index in [-0.39, 0.29) is 17.8 Å². The number of amides is 1. The van der Waals surface area contributed by atoms with Gasteiger partial charge in [-0.3, -0.25) is 14.9 Å². The molecule has 2 unspecified atom stereocenters. The molecule has 2 atom stereocenters. The van der Waals surface area contributed by atoms with Crippen LogP contribution in [0.5, 0.6) is 0 Å². The van der Waals surface area contributed by atoms with E-state index in [2.05, 4.69) is 15.6 Å². The SMILES string of the molecule is CNC(=O)C(NC(Cc1c[nH]c2ccccc12)C(=O)OC)C(C)C. The fraction of sp³-hybridized carbons (Fsp3) is 0.444. The van der Waals surface area contributed by atoms with Gasteiger partial charge in [0.1, 0.15) is 6.04 Å². The van der Waals surface area contributed by atoms with Crippen LogP contribution in [0.1, 0.15) is 19.4 Å². The third-order valence-corrected chi connectivity index (χ3v) is 4.16. The summed E-state index contributed by atoms with van der Waals surface area (Å²) in [5.74, 6) is -0.479. The number of hydrogen-bond acceptors (Lipinski definition) is 4. The van der Waals surface area contributed by atoms with Crippen LogP contribution in [-0.4, -0.2) is 43.1 Å². The Balaban J connectivity index is 2.25. The smallest absolute Gasteiger partial charge is 0.323 e. The number of esters is 1. The average Bonchev–Trinajstić information content (AvgIpc) is 2.99. The van der Waals surface area contributed by atoms with Crippen LogP contribution in [0.3, 0.4) is 0 Å². The van der Waals surface area contributed by atoms with E-state index >= 15 is 0 Å². The molecule has 1 heterocycles. The van der Waals surface area contributed by atoms with Gasteiger partial charge >= 0.3 is 5.97 Å². The fourth-order valence-corrected chi connectivity index (χ4v) is 2.82. The van der Waals surface area contributed by atoms with E-state index in [0.717, 1.165) is 16.5 Å². The molecule has 0 aliphatic rings. The molecule has 1 amide bonds. The van der Waals surface area contributed by atoms with Gasteiger partial charge in [-0.25, -0.2) is 0 Å². The summed E-state index contributed by atoms with van der Waals surface area (Å²) in [6.07, 6.45) is 2.34. The van der Waals surface area contributed by atoms with Crippen molar-refractivity contribution < 1.29 is 14.3 Å². The minimum absolute atomic E-state index is 0.0417. The molecule has 1 aromatic heterocycles. The Morgan fingerprint density at radius 3 is 2.58 bits per heavy atom. The van der Waals surface area contributed by atoms with Gasteiger partial charge in [0.15, 0.2) is 0 Å². The lowest BCUT2D eigenvalue weighted by Gasteiger charge is -2.25. The summed E-state index contributed by atoms with van der Waals surface area (Å²) in [6, 6.07) is 6.85. The zero-order valence-electron chi connectivity index (χ0n) is 14.6. The number of benzene rings is 1. The van der Waals surface area contributed by atoms with E-state index in [1.54, 1.807) is 7.05 Å². The predicted molar refractivity (Wildman–Crippen MR) is 93.6 cm³/mol. The van der Waals surface area contributed by atoms with Gasteiger partial charge in [0.2, 0.25) is 5.91 Å². The Kier molecular flexibility index (Phi) is 5.98. The zero-order valence-corrected chi connectivity index (χ0v) is 14.6. The van der Waals surface area contributed by atoms with Crippen LogP contribution < -0.4 is 10.6 Å². The van der Waals surface area contributed by atoms with Gasteiger partial charge in [-0.05, 0) is 17.5 Å². The van der Waals surface area contributed by atoms with Crippen molar-refractivity contribution in [2.75, 3.05) is 14.2 Å². The van der Waals surface area contributed by atoms with E-state index < -0.39 is 12.1 Å². The number of aromatic nitrogens is 1. The third kappa shape index (κ3) is 3.94. The quantitative estimate of drug-likeness (QED) is 0.673. The molecule has 0 radical (unpaired) electrons. The number of carbonyl (C=O) groups is 2. The van der Waals surface area contributed by atoms with Crippen LogP contribution in [0, 0.1) is 5.92 Å². The number of nitrogens with one attached hydrogen (secondary N) is 3. The number of ether oxygens (including phenoxy) is 1. The van der Waals surface area contributed by atoms with Crippen LogP contribution in [0.15, 0.2) is 30.5 Å². The van der Waals surface area contributed by atoms with Gasteiger partial charge in [-0.15, -0.1) is 0 Å². The van der Waals surface area contributed by atoms with E-state index in [1.807, 2.05) is 44.3 Å². The summed E-state index contributed by atoms with van der Waals surface area (Å²) < 4.78 is 4.92. The standard InChI is InChI=1S/C18H25N3O3/c1-11(2)16(17(22)19-3)21-15(18(23)24-4)9-12-10-20-14-8-6-5-7-13(12)14/h5-8,10-11,15-16,20-21H,9H2,1-4H3,(H,19,22). The molecule has 0 bridgehead atoms. The van der Waals surface area contributed by atoms with Crippen LogP contribution in [0.25, 0.3) is 10.9 Å². The van der Waals surface area contributed by atoms with E-state index in [9.17, 15) is 9.59 Å². The summed E-state index contributed by atoms with van der Waals surface area (Å²) in [6.45, 7) is 3.87. The lowest BCUT2D eigenvalue weighted by Crippen LogP contribution is -2.53. The number of hydrogen-bond donors (Lipinski definition) is 3. The second-order valence-corrected chi connectivity index (χ2v) is 6.14. The maximum Gasteiger partial charge on any atom is 0.323 e. The summed E-state index contributed by atoms with van der Waals surface area (Å²) in [5, 5.41) is 6.86. The van der Waals surface area contributed by atoms with Crippen LogP contribution in [0.2, 0.25) is 0 Å². The van der Waals surface area contributed by atoms with Gasteiger partial charge in [0.25, 0.3) is 0 Å². The second-order valence-electron chi connectivity index (χ2n) is 6.14. The van der Waals surface area contributed by atoms with Crippen molar-refractivity contribution in [3.63, 3.8) is 0 Å². The molecule has 2 aromatic rings. The molecule has 0 aliphatic carbocycles. The Labute approximate surface area is 142 Å². The first-order valence-corrected chi connectivity index (χ1v) is 8.08. The van der Waals surface area contributed by atoms with E-state index in [1.165, 1.54) is 7.11 Å². The van der Waals surface area contributed by atoms with Crippen LogP contribution >= 0.6 is 0 Å². The molecule has 6 nitrogen and oxygen atoms in total. The molecule has 0 saturated carbocycles. The van der Waals surface area contributed by atoms with Gasteiger partial charge in [0, 0.05) is 30.6 Å². The number of para-hydroxylation sites is 1. The zero-order chi connectivity index (χ0) is 17.7. The van der Waals surface area contributed by atoms with Crippen molar-refractivity contribution >= 4 is 22.8 Å². The Bertz CT molecular complexity index is 708. The highest BCUT2D eigenvalue weighted by Gasteiger charge is 2.29. The van der Waals surface area contributed by atoms with Crippen molar-refractivity contribution in [1.82, 2.24) is 15.6 Å². The minimum Gasteiger partial charge on any atom is -0.468 e. The highest BCUT2D eigenvalue weighted by atomic mass is 16.5. The van der Waals surface area contributed by atoms with Crippen molar-refractivity contribution in [3.8, 4) is 0 Å². The molecular weight excluding hydrogens is 306 g/mol. The van der Waals surface area contributed by atoms with Crippen LogP contribution in [0.4, 0.5) is 0 Å². The summed E-state index contributed by atoms with van der Waals surface area (Å²) in [4.78, 5) is 27.5. The van der Waals surface area contributed by atoms with Crippen molar-refractivity contribution in [1.29, 1.82) is 0 Å². The lowest BCUT2D eigenvalue weighted by atomic mass is 9.99. The Hall–Kier alpha value is -2.34. The number of carbonyl (C=O) groups excluding carboxylic acids is 2. The summed E-state index contributed by atoms with van der Waals surface area (Å²) >= 11 is 0. The number of H-pyrrole nitrogens is 1. The molecule has 3 N–H and O–H groups in total. The first-order chi connectivity index (χ1) is 11.5. The van der Waals surface area contributed by atoms with Gasteiger partial charge in [0.05, 0.1) is 13.2 Å². The highest BCUT2D eigenvalue weighted by Crippen LogP contribution is 2.20. The molecule has 130 valence electrons. The predicted octanol–water partition coefficient (Wildman–Crippen LogP) is 1.61. The monoisotopic (exact) mass is 331 g/mol. The normalized spacial score (nSPS) is 13.7. The van der Waals surface area contributed by atoms with E-state index in [0.29, 0.717) is 6.42 Å². The molecule has 2 rings (SSSR count). The molecule has 0 saturated heterocycles. The molecule has 1 aromatic carbocycles. The fourth-order valence-electron chi connectivity index (χ4n) is 2.82. The van der Waals surface area contributed by atoms with Gasteiger partial charge in [-0.1, -0.05) is 32.0 Å². The third-order valence-electron chi connectivity index (χ3n) is 4.16. The van der Waals surface area contributed by atoms with Gasteiger partial charge in [-0.2, -0.15) is 0 Å². The maximum absolute atomic E-state index is 12.2. The molecule has 0 fully saturated rings. The first-order valence-electron chi connectivity index (χ1n) is 8.08. The largest absolute Gasteiger partial charge is 0.468 e. The van der Waals surface area contributed by atoms with Crippen molar-refractivity contribution in [2.45, 2.75) is 32.4 Å². The van der Waals surface area contributed by atoms with Crippen LogP contribution in [-0.2, 0) is 20.7 Å². The lowest BCUT2D eigenvalue weighted by molar-refractivity contribution is -0.143.